The number of benzene rings is 2. The maximum atomic E-state index is 12.8. The first-order chi connectivity index (χ1) is 15.1. The minimum absolute atomic E-state index is 0.181. The number of thiazole rings is 1. The largest absolute Gasteiger partial charge is 0.493 e. The van der Waals surface area contributed by atoms with Crippen LogP contribution in [0.2, 0.25) is 0 Å². The molecule has 4 aromatic rings. The average Bonchev–Trinajstić information content (AvgIpc) is 3.29. The summed E-state index contributed by atoms with van der Waals surface area (Å²) in [5.74, 6) is 0.934. The van der Waals surface area contributed by atoms with E-state index in [0.717, 1.165) is 22.0 Å². The number of anilines is 1. The van der Waals surface area contributed by atoms with Gasteiger partial charge in [-0.25, -0.2) is 4.98 Å². The molecule has 4 rings (SSSR count). The van der Waals surface area contributed by atoms with E-state index in [2.05, 4.69) is 24.1 Å². The lowest BCUT2D eigenvalue weighted by molar-refractivity contribution is 0.102. The van der Waals surface area contributed by atoms with Gasteiger partial charge < -0.3 is 10.1 Å². The van der Waals surface area contributed by atoms with Gasteiger partial charge in [0.25, 0.3) is 5.91 Å². The summed E-state index contributed by atoms with van der Waals surface area (Å²) in [7, 11) is 0. The first-order valence-corrected chi connectivity index (χ1v) is 11.0. The molecule has 2 aromatic heterocycles. The molecule has 31 heavy (non-hydrogen) atoms. The van der Waals surface area contributed by atoms with Gasteiger partial charge in [0.05, 0.1) is 18.0 Å². The normalized spacial score (nSPS) is 10.8. The van der Waals surface area contributed by atoms with Gasteiger partial charge in [-0.15, -0.1) is 11.3 Å². The van der Waals surface area contributed by atoms with Crippen LogP contribution in [0.15, 0.2) is 78.3 Å². The number of nitrogens with one attached hydrogen (secondary N) is 1. The molecule has 1 N–H and O–H groups in total. The van der Waals surface area contributed by atoms with E-state index in [4.69, 9.17) is 9.72 Å². The summed E-state index contributed by atoms with van der Waals surface area (Å²) in [4.78, 5) is 21.8. The zero-order valence-corrected chi connectivity index (χ0v) is 18.2. The quantitative estimate of drug-likeness (QED) is 0.382. The molecular formula is C25H23N3O2S. The van der Waals surface area contributed by atoms with Crippen molar-refractivity contribution in [2.75, 3.05) is 11.9 Å². The van der Waals surface area contributed by atoms with Gasteiger partial charge in [0.15, 0.2) is 0 Å². The van der Waals surface area contributed by atoms with Crippen molar-refractivity contribution in [2.45, 2.75) is 13.8 Å². The van der Waals surface area contributed by atoms with Crippen molar-refractivity contribution in [1.82, 2.24) is 9.97 Å². The highest BCUT2D eigenvalue weighted by molar-refractivity contribution is 7.13. The number of hydrogen-bond donors (Lipinski definition) is 1. The second-order valence-corrected chi connectivity index (χ2v) is 8.38. The molecular weight excluding hydrogens is 406 g/mol. The Morgan fingerprint density at radius 2 is 1.90 bits per heavy atom. The second-order valence-electron chi connectivity index (χ2n) is 7.52. The Kier molecular flexibility index (Phi) is 6.38. The van der Waals surface area contributed by atoms with E-state index in [0.29, 0.717) is 29.5 Å². The number of rotatable bonds is 7. The van der Waals surface area contributed by atoms with Gasteiger partial charge in [-0.1, -0.05) is 38.1 Å². The van der Waals surface area contributed by atoms with Crippen molar-refractivity contribution < 1.29 is 9.53 Å². The summed E-state index contributed by atoms with van der Waals surface area (Å²) in [5.41, 5.74) is 3.90. The van der Waals surface area contributed by atoms with Crippen LogP contribution in [-0.4, -0.2) is 22.5 Å². The highest BCUT2D eigenvalue weighted by Crippen LogP contribution is 2.29. The number of ether oxygens (including phenoxy) is 1. The van der Waals surface area contributed by atoms with Crippen LogP contribution in [-0.2, 0) is 0 Å². The lowest BCUT2D eigenvalue weighted by Crippen LogP contribution is -2.12. The second kappa shape index (κ2) is 9.53. The molecule has 0 aliphatic heterocycles. The molecule has 0 unspecified atom stereocenters. The topological polar surface area (TPSA) is 64.1 Å². The van der Waals surface area contributed by atoms with Crippen molar-refractivity contribution in [2.24, 2.45) is 5.92 Å². The highest BCUT2D eigenvalue weighted by atomic mass is 32.1. The van der Waals surface area contributed by atoms with Crippen molar-refractivity contribution in [3.8, 4) is 27.7 Å². The Labute approximate surface area is 185 Å². The minimum atomic E-state index is -0.181. The third-order valence-corrected chi connectivity index (χ3v) is 5.35. The number of nitrogens with zero attached hydrogens (tertiary/aromatic N) is 2. The molecule has 2 aromatic carbocycles. The fourth-order valence-electron chi connectivity index (χ4n) is 2.96. The summed E-state index contributed by atoms with van der Waals surface area (Å²) in [6, 6.07) is 20.7. The van der Waals surface area contributed by atoms with Crippen LogP contribution >= 0.6 is 11.3 Å². The van der Waals surface area contributed by atoms with Crippen molar-refractivity contribution in [3.63, 3.8) is 0 Å². The van der Waals surface area contributed by atoms with Crippen LogP contribution in [0, 0.1) is 5.92 Å². The number of hydrogen-bond acceptors (Lipinski definition) is 5. The van der Waals surface area contributed by atoms with Crippen LogP contribution in [0.25, 0.3) is 22.0 Å². The van der Waals surface area contributed by atoms with Gasteiger partial charge in [-0.2, -0.15) is 0 Å². The van der Waals surface area contributed by atoms with E-state index in [-0.39, 0.29) is 5.91 Å². The maximum Gasteiger partial charge on any atom is 0.255 e. The molecule has 156 valence electrons. The van der Waals surface area contributed by atoms with Crippen molar-refractivity contribution in [3.05, 3.63) is 83.9 Å². The highest BCUT2D eigenvalue weighted by Gasteiger charge is 2.11. The molecule has 0 aliphatic carbocycles. The molecule has 0 saturated heterocycles. The van der Waals surface area contributed by atoms with Gasteiger partial charge in [-0.05, 0) is 48.4 Å². The molecule has 0 aliphatic rings. The predicted octanol–water partition coefficient (Wildman–Crippen LogP) is 6.16. The number of carbonyl (C=O) groups excluding carboxylic acids is 1. The molecule has 0 spiro atoms. The van der Waals surface area contributed by atoms with E-state index >= 15 is 0 Å². The molecule has 0 saturated carbocycles. The molecule has 0 atom stereocenters. The Morgan fingerprint density at radius 3 is 2.71 bits per heavy atom. The zero-order valence-electron chi connectivity index (χ0n) is 17.4. The lowest BCUT2D eigenvalue weighted by atomic mass is 10.1. The van der Waals surface area contributed by atoms with Gasteiger partial charge in [0.2, 0.25) is 0 Å². The van der Waals surface area contributed by atoms with Crippen molar-refractivity contribution >= 4 is 22.9 Å². The third kappa shape index (κ3) is 5.35. The molecule has 6 heteroatoms. The summed E-state index contributed by atoms with van der Waals surface area (Å²) >= 11 is 1.55. The van der Waals surface area contributed by atoms with E-state index in [1.807, 2.05) is 60.0 Å². The van der Waals surface area contributed by atoms with Gasteiger partial charge in [-0.3, -0.25) is 9.78 Å². The predicted molar refractivity (Wildman–Crippen MR) is 126 cm³/mol. The van der Waals surface area contributed by atoms with Crippen LogP contribution in [0.4, 0.5) is 5.69 Å². The molecule has 5 nitrogen and oxygen atoms in total. The molecule has 2 heterocycles. The van der Waals surface area contributed by atoms with Gasteiger partial charge >= 0.3 is 0 Å². The summed E-state index contributed by atoms with van der Waals surface area (Å²) in [5, 5.41) is 5.83. The van der Waals surface area contributed by atoms with Crippen LogP contribution in [0.1, 0.15) is 24.2 Å². The summed E-state index contributed by atoms with van der Waals surface area (Å²) < 4.78 is 5.73. The Morgan fingerprint density at radius 1 is 1.03 bits per heavy atom. The van der Waals surface area contributed by atoms with E-state index in [1.54, 1.807) is 29.7 Å². The fraction of sp³-hybridized carbons (Fsp3) is 0.160. The number of pyridine rings is 1. The SMILES string of the molecule is CC(C)COc1cccc(C(=O)Nc2cccc(-c3csc(-c4ccccn4)n3)c2)c1. The average molecular weight is 430 g/mol. The van der Waals surface area contributed by atoms with Crippen LogP contribution in [0.3, 0.4) is 0 Å². The molecule has 1 amide bonds. The first-order valence-electron chi connectivity index (χ1n) is 10.1. The molecule has 0 fully saturated rings. The van der Waals surface area contributed by atoms with E-state index in [1.165, 1.54) is 0 Å². The molecule has 0 radical (unpaired) electrons. The summed E-state index contributed by atoms with van der Waals surface area (Å²) in [6.07, 6.45) is 1.76. The smallest absolute Gasteiger partial charge is 0.255 e. The van der Waals surface area contributed by atoms with Crippen LogP contribution < -0.4 is 10.1 Å². The lowest BCUT2D eigenvalue weighted by Gasteiger charge is -2.10. The maximum absolute atomic E-state index is 12.8. The number of aromatic nitrogens is 2. The van der Waals surface area contributed by atoms with Crippen molar-refractivity contribution in [1.29, 1.82) is 0 Å². The number of carbonyl (C=O) groups is 1. The standard InChI is InChI=1S/C25H23N3O2S/c1-17(2)15-30-21-10-6-8-19(14-21)24(29)27-20-9-5-7-18(13-20)23-16-31-25(28-23)22-11-3-4-12-26-22/h3-14,16-17H,15H2,1-2H3,(H,27,29). The number of amides is 1. The first kappa shape index (κ1) is 20.8. The summed E-state index contributed by atoms with van der Waals surface area (Å²) in [6.45, 7) is 4.79. The van der Waals surface area contributed by atoms with Crippen LogP contribution in [0.5, 0.6) is 5.75 Å². The zero-order chi connectivity index (χ0) is 21.6. The Hall–Kier alpha value is -3.51. The Bertz CT molecular complexity index is 1170. The van der Waals surface area contributed by atoms with Gasteiger partial charge in [0, 0.05) is 28.4 Å². The van der Waals surface area contributed by atoms with E-state index in [9.17, 15) is 4.79 Å². The monoisotopic (exact) mass is 429 g/mol. The fourth-order valence-corrected chi connectivity index (χ4v) is 3.77. The molecule has 0 bridgehead atoms. The third-order valence-electron chi connectivity index (χ3n) is 4.48. The Balaban J connectivity index is 1.49. The minimum Gasteiger partial charge on any atom is -0.493 e. The van der Waals surface area contributed by atoms with E-state index < -0.39 is 0 Å². The van der Waals surface area contributed by atoms with Gasteiger partial charge in [0.1, 0.15) is 10.8 Å².